The molecular weight excluding hydrogens is 526 g/mol. The van der Waals surface area contributed by atoms with Gasteiger partial charge in [0.05, 0.1) is 36.1 Å². The Morgan fingerprint density at radius 3 is 2.43 bits per heavy atom. The van der Waals surface area contributed by atoms with Crippen LogP contribution in [-0.2, 0) is 29.6 Å². The summed E-state index contributed by atoms with van der Waals surface area (Å²) in [4.78, 5) is 12.7. The molecule has 0 saturated carbocycles. The zero-order valence-electron chi connectivity index (χ0n) is 20.3. The van der Waals surface area contributed by atoms with Crippen LogP contribution in [0, 0.1) is 0 Å². The highest BCUT2D eigenvalue weighted by molar-refractivity contribution is 7.92. The summed E-state index contributed by atoms with van der Waals surface area (Å²) in [5.41, 5.74) is 0.296. The maximum absolute atomic E-state index is 12.7. The van der Waals surface area contributed by atoms with E-state index in [4.69, 9.17) is 18.9 Å². The third kappa shape index (κ3) is 6.44. The van der Waals surface area contributed by atoms with E-state index >= 15 is 0 Å². The summed E-state index contributed by atoms with van der Waals surface area (Å²) in [5.74, 6) is 0.656. The maximum Gasteiger partial charge on any atom is 0.243 e. The average Bonchev–Trinajstić information content (AvgIpc) is 3.38. The molecule has 0 bridgehead atoms. The maximum atomic E-state index is 12.7. The summed E-state index contributed by atoms with van der Waals surface area (Å²) in [6, 6.07) is 10.7. The van der Waals surface area contributed by atoms with Crippen LogP contribution in [0.1, 0.15) is 6.92 Å². The monoisotopic (exact) mass is 555 g/mol. The Labute approximate surface area is 216 Å². The predicted octanol–water partition coefficient (Wildman–Crippen LogP) is 0.788. The smallest absolute Gasteiger partial charge is 0.243 e. The van der Waals surface area contributed by atoms with Gasteiger partial charge in [0, 0.05) is 19.2 Å². The lowest BCUT2D eigenvalue weighted by Gasteiger charge is -2.26. The van der Waals surface area contributed by atoms with Crippen LogP contribution in [0.25, 0.3) is 0 Å². The summed E-state index contributed by atoms with van der Waals surface area (Å²) >= 11 is 0. The topological polar surface area (TPSA) is 141 Å². The van der Waals surface area contributed by atoms with Gasteiger partial charge in [-0.05, 0) is 43.3 Å². The van der Waals surface area contributed by atoms with Gasteiger partial charge in [0.15, 0.2) is 11.5 Å². The van der Waals surface area contributed by atoms with Gasteiger partial charge in [-0.2, -0.15) is 4.31 Å². The van der Waals surface area contributed by atoms with Gasteiger partial charge in [0.1, 0.15) is 18.9 Å². The van der Waals surface area contributed by atoms with E-state index in [1.165, 1.54) is 29.4 Å². The number of sulfonamides is 2. The third-order valence-electron chi connectivity index (χ3n) is 5.76. The van der Waals surface area contributed by atoms with Crippen LogP contribution < -0.4 is 23.8 Å². The number of fused-ring (bicyclic) bond motifs is 1. The molecule has 14 heteroatoms. The Morgan fingerprint density at radius 2 is 1.73 bits per heavy atom. The molecule has 202 valence electrons. The highest BCUT2D eigenvalue weighted by atomic mass is 32.2. The fraction of sp³-hybridized carbons (Fsp3) is 0.435. The molecule has 1 amide bonds. The van der Waals surface area contributed by atoms with Crippen molar-refractivity contribution in [3.63, 3.8) is 0 Å². The van der Waals surface area contributed by atoms with Gasteiger partial charge in [0.25, 0.3) is 0 Å². The number of hydrogen-bond donors (Lipinski definition) is 1. The van der Waals surface area contributed by atoms with Crippen LogP contribution in [0.2, 0.25) is 0 Å². The van der Waals surface area contributed by atoms with Crippen LogP contribution in [0.15, 0.2) is 47.4 Å². The van der Waals surface area contributed by atoms with E-state index in [2.05, 4.69) is 5.32 Å². The van der Waals surface area contributed by atoms with E-state index < -0.39 is 32.5 Å². The highest BCUT2D eigenvalue weighted by Gasteiger charge is 2.27. The first kappa shape index (κ1) is 27.0. The van der Waals surface area contributed by atoms with Crippen LogP contribution >= 0.6 is 0 Å². The van der Waals surface area contributed by atoms with Gasteiger partial charge in [-0.3, -0.25) is 9.10 Å². The number of hydrogen-bond acceptors (Lipinski definition) is 9. The van der Waals surface area contributed by atoms with Crippen molar-refractivity contribution >= 4 is 31.6 Å². The molecule has 2 aromatic carbocycles. The Kier molecular flexibility index (Phi) is 8.42. The quantitative estimate of drug-likeness (QED) is 0.398. The first-order chi connectivity index (χ1) is 17.7. The molecule has 1 N–H and O–H groups in total. The van der Waals surface area contributed by atoms with Crippen molar-refractivity contribution in [3.05, 3.63) is 42.5 Å². The SMILES string of the molecule is CCS(=O)(=O)N(CC(=O)NCCOc1ccc(S(=O)(=O)N2CCOCC2)cc1)c1ccc2c(c1)OCO2. The number of benzene rings is 2. The highest BCUT2D eigenvalue weighted by Crippen LogP contribution is 2.36. The first-order valence-corrected chi connectivity index (χ1v) is 14.7. The molecule has 0 unspecified atom stereocenters. The van der Waals surface area contributed by atoms with Crippen molar-refractivity contribution in [2.75, 3.05) is 62.9 Å². The van der Waals surface area contributed by atoms with Gasteiger partial charge < -0.3 is 24.3 Å². The predicted molar refractivity (Wildman–Crippen MR) is 134 cm³/mol. The lowest BCUT2D eigenvalue weighted by molar-refractivity contribution is -0.119. The van der Waals surface area contributed by atoms with Crippen LogP contribution in [-0.4, -0.2) is 85.6 Å². The summed E-state index contributed by atoms with van der Waals surface area (Å²) in [7, 11) is -7.33. The van der Waals surface area contributed by atoms with Crippen LogP contribution in [0.3, 0.4) is 0 Å². The van der Waals surface area contributed by atoms with Crippen molar-refractivity contribution in [2.24, 2.45) is 0 Å². The molecule has 1 fully saturated rings. The second-order valence-electron chi connectivity index (χ2n) is 8.13. The summed E-state index contributed by atoms with van der Waals surface area (Å²) in [6.45, 7) is 2.71. The van der Waals surface area contributed by atoms with Crippen molar-refractivity contribution < 1.29 is 40.6 Å². The summed E-state index contributed by atoms with van der Waals surface area (Å²) < 4.78 is 74.5. The third-order valence-corrected chi connectivity index (χ3v) is 9.41. The second-order valence-corrected chi connectivity index (χ2v) is 12.3. The zero-order chi connectivity index (χ0) is 26.5. The molecule has 1 saturated heterocycles. The van der Waals surface area contributed by atoms with Gasteiger partial charge >= 0.3 is 0 Å². The molecule has 0 aliphatic carbocycles. The number of carbonyl (C=O) groups is 1. The normalized spacial score (nSPS) is 15.8. The standard InChI is InChI=1S/C23H29N3O9S2/c1-2-36(28,29)26(18-3-8-21-22(15-18)35-17-34-21)16-23(27)24-9-12-33-19-4-6-20(7-5-19)37(30,31)25-10-13-32-14-11-25/h3-8,15H,2,9-14,16-17H2,1H3,(H,24,27). The molecule has 2 aliphatic heterocycles. The molecule has 0 atom stereocenters. The molecule has 12 nitrogen and oxygen atoms in total. The number of carbonyl (C=O) groups excluding carboxylic acids is 1. The van der Waals surface area contributed by atoms with E-state index in [0.29, 0.717) is 49.2 Å². The Bertz CT molecular complexity index is 1310. The summed E-state index contributed by atoms with van der Waals surface area (Å²) in [5, 5.41) is 2.64. The minimum atomic E-state index is -3.74. The van der Waals surface area contributed by atoms with Gasteiger partial charge in [0.2, 0.25) is 32.7 Å². The van der Waals surface area contributed by atoms with Gasteiger partial charge in [-0.25, -0.2) is 16.8 Å². The Hall–Kier alpha value is -3.07. The lowest BCUT2D eigenvalue weighted by Crippen LogP contribution is -2.42. The number of nitrogens with zero attached hydrogens (tertiary/aromatic N) is 2. The molecule has 2 heterocycles. The molecule has 4 rings (SSSR count). The molecule has 0 spiro atoms. The Morgan fingerprint density at radius 1 is 1.03 bits per heavy atom. The van der Waals surface area contributed by atoms with Crippen LogP contribution in [0.5, 0.6) is 17.2 Å². The Balaban J connectivity index is 1.29. The molecule has 0 radical (unpaired) electrons. The van der Waals surface area contributed by atoms with E-state index in [-0.39, 0.29) is 30.6 Å². The number of ether oxygens (including phenoxy) is 4. The number of nitrogens with one attached hydrogen (secondary N) is 1. The van der Waals surface area contributed by atoms with E-state index in [1.54, 1.807) is 24.3 Å². The number of rotatable bonds is 11. The number of morpholine rings is 1. The number of amides is 1. The first-order valence-electron chi connectivity index (χ1n) is 11.7. The molecular formula is C23H29N3O9S2. The fourth-order valence-corrected chi connectivity index (χ4v) is 6.20. The molecule has 37 heavy (non-hydrogen) atoms. The van der Waals surface area contributed by atoms with E-state index in [1.807, 2.05) is 0 Å². The van der Waals surface area contributed by atoms with Crippen molar-refractivity contribution in [3.8, 4) is 17.2 Å². The molecule has 2 aliphatic rings. The van der Waals surface area contributed by atoms with E-state index in [9.17, 15) is 21.6 Å². The largest absolute Gasteiger partial charge is 0.492 e. The number of anilines is 1. The minimum Gasteiger partial charge on any atom is -0.492 e. The zero-order valence-corrected chi connectivity index (χ0v) is 21.9. The van der Waals surface area contributed by atoms with Crippen molar-refractivity contribution in [1.82, 2.24) is 9.62 Å². The minimum absolute atomic E-state index is 0.0478. The van der Waals surface area contributed by atoms with Crippen LogP contribution in [0.4, 0.5) is 5.69 Å². The average molecular weight is 556 g/mol. The van der Waals surface area contributed by atoms with Gasteiger partial charge in [-0.15, -0.1) is 0 Å². The fourth-order valence-electron chi connectivity index (χ4n) is 3.74. The van der Waals surface area contributed by atoms with Crippen molar-refractivity contribution in [1.29, 1.82) is 0 Å². The van der Waals surface area contributed by atoms with Gasteiger partial charge in [-0.1, -0.05) is 0 Å². The van der Waals surface area contributed by atoms with Crippen molar-refractivity contribution in [2.45, 2.75) is 11.8 Å². The molecule has 2 aromatic rings. The second kappa shape index (κ2) is 11.5. The van der Waals surface area contributed by atoms with E-state index in [0.717, 1.165) is 4.31 Å². The lowest BCUT2D eigenvalue weighted by atomic mass is 10.3. The molecule has 0 aromatic heterocycles. The summed E-state index contributed by atoms with van der Waals surface area (Å²) in [6.07, 6.45) is 0.